The topological polar surface area (TPSA) is 46.9 Å². The summed E-state index contributed by atoms with van der Waals surface area (Å²) < 4.78 is 1.69. The molecule has 0 saturated carbocycles. The number of rotatable bonds is 7. The van der Waals surface area contributed by atoms with Gasteiger partial charge in [0.15, 0.2) is 0 Å². The van der Waals surface area contributed by atoms with E-state index >= 15 is 0 Å². The summed E-state index contributed by atoms with van der Waals surface area (Å²) in [5, 5.41) is 8.28. The lowest BCUT2D eigenvalue weighted by Crippen LogP contribution is -2.16. The Bertz CT molecular complexity index is 620. The van der Waals surface area contributed by atoms with E-state index in [0.717, 1.165) is 24.8 Å². The average Bonchev–Trinajstić information content (AvgIpc) is 2.90. The van der Waals surface area contributed by atoms with Crippen molar-refractivity contribution in [3.05, 3.63) is 46.1 Å². The van der Waals surface area contributed by atoms with Crippen LogP contribution < -0.4 is 5.32 Å². The Kier molecular flexibility index (Phi) is 6.28. The molecule has 22 heavy (non-hydrogen) atoms. The summed E-state index contributed by atoms with van der Waals surface area (Å²) in [4.78, 5) is 11.9. The number of halogens is 2. The zero-order valence-electron chi connectivity index (χ0n) is 12.5. The Hall–Kier alpha value is -1.52. The molecule has 0 radical (unpaired) electrons. The Balaban J connectivity index is 2.05. The van der Waals surface area contributed by atoms with Crippen molar-refractivity contribution in [3.8, 4) is 0 Å². The standard InChI is InChI=1S/C16H19Cl2N3O/c1-2-3-4-8-16(22)20-15-9-10-19-21(15)11-12-13(17)6-5-7-14(12)18/h5-7,9-10H,2-4,8,11H2,1H3,(H,20,22). The molecule has 0 fully saturated rings. The van der Waals surface area contributed by atoms with Gasteiger partial charge in [0.25, 0.3) is 0 Å². The highest BCUT2D eigenvalue weighted by Gasteiger charge is 2.11. The molecule has 0 aliphatic heterocycles. The fourth-order valence-corrected chi connectivity index (χ4v) is 2.66. The van der Waals surface area contributed by atoms with Crippen LogP contribution in [0.5, 0.6) is 0 Å². The third kappa shape index (κ3) is 4.49. The first kappa shape index (κ1) is 16.8. The van der Waals surface area contributed by atoms with Gasteiger partial charge in [-0.3, -0.25) is 4.79 Å². The van der Waals surface area contributed by atoms with E-state index in [2.05, 4.69) is 17.3 Å². The first-order valence-corrected chi connectivity index (χ1v) is 8.12. The predicted octanol–water partition coefficient (Wildman–Crippen LogP) is 4.76. The van der Waals surface area contributed by atoms with Crippen LogP contribution in [-0.2, 0) is 11.3 Å². The van der Waals surface area contributed by atoms with E-state index in [0.29, 0.717) is 28.8 Å². The second kappa shape index (κ2) is 8.20. The van der Waals surface area contributed by atoms with Crippen molar-refractivity contribution < 1.29 is 4.79 Å². The molecule has 2 rings (SSSR count). The van der Waals surface area contributed by atoms with Crippen LogP contribution in [0.1, 0.15) is 38.2 Å². The number of aromatic nitrogens is 2. The van der Waals surface area contributed by atoms with E-state index in [1.807, 2.05) is 0 Å². The maximum Gasteiger partial charge on any atom is 0.225 e. The number of carbonyl (C=O) groups is 1. The third-order valence-corrected chi connectivity index (χ3v) is 4.07. The van der Waals surface area contributed by atoms with Crippen molar-refractivity contribution in [1.29, 1.82) is 0 Å². The number of anilines is 1. The van der Waals surface area contributed by atoms with Crippen molar-refractivity contribution >= 4 is 34.9 Å². The number of benzene rings is 1. The molecule has 0 bridgehead atoms. The molecule has 0 atom stereocenters. The van der Waals surface area contributed by atoms with Crippen LogP contribution in [0.2, 0.25) is 10.0 Å². The van der Waals surface area contributed by atoms with E-state index in [4.69, 9.17) is 23.2 Å². The van der Waals surface area contributed by atoms with Crippen molar-refractivity contribution in [2.75, 3.05) is 5.32 Å². The molecule has 0 aliphatic carbocycles. The van der Waals surface area contributed by atoms with Gasteiger partial charge in [0, 0.05) is 28.1 Å². The summed E-state index contributed by atoms with van der Waals surface area (Å²) >= 11 is 12.4. The van der Waals surface area contributed by atoms with Gasteiger partial charge in [-0.15, -0.1) is 0 Å². The Morgan fingerprint density at radius 1 is 1.23 bits per heavy atom. The van der Waals surface area contributed by atoms with Gasteiger partial charge >= 0.3 is 0 Å². The van der Waals surface area contributed by atoms with E-state index in [9.17, 15) is 4.79 Å². The molecule has 6 heteroatoms. The van der Waals surface area contributed by atoms with Gasteiger partial charge in [0.2, 0.25) is 5.91 Å². The van der Waals surface area contributed by atoms with Crippen LogP contribution in [0.25, 0.3) is 0 Å². The Morgan fingerprint density at radius 3 is 2.64 bits per heavy atom. The van der Waals surface area contributed by atoms with Crippen LogP contribution in [0.15, 0.2) is 30.5 Å². The molecule has 1 amide bonds. The highest BCUT2D eigenvalue weighted by Crippen LogP contribution is 2.26. The lowest BCUT2D eigenvalue weighted by molar-refractivity contribution is -0.116. The van der Waals surface area contributed by atoms with E-state index in [1.54, 1.807) is 35.1 Å². The monoisotopic (exact) mass is 339 g/mol. The minimum atomic E-state index is 0.000422. The van der Waals surface area contributed by atoms with Crippen molar-refractivity contribution in [1.82, 2.24) is 9.78 Å². The lowest BCUT2D eigenvalue weighted by atomic mass is 10.2. The average molecular weight is 340 g/mol. The quantitative estimate of drug-likeness (QED) is 0.739. The predicted molar refractivity (Wildman–Crippen MR) is 90.6 cm³/mol. The van der Waals surface area contributed by atoms with Gasteiger partial charge in [0.05, 0.1) is 12.7 Å². The second-order valence-corrected chi connectivity index (χ2v) is 5.89. The van der Waals surface area contributed by atoms with Crippen LogP contribution in [-0.4, -0.2) is 15.7 Å². The summed E-state index contributed by atoms with van der Waals surface area (Å²) in [5.74, 6) is 0.651. The van der Waals surface area contributed by atoms with Crippen LogP contribution in [0.3, 0.4) is 0 Å². The summed E-state index contributed by atoms with van der Waals surface area (Å²) in [5.41, 5.74) is 0.788. The smallest absolute Gasteiger partial charge is 0.225 e. The first-order valence-electron chi connectivity index (χ1n) is 7.36. The maximum absolute atomic E-state index is 11.9. The number of hydrogen-bond donors (Lipinski definition) is 1. The molecule has 1 heterocycles. The highest BCUT2D eigenvalue weighted by molar-refractivity contribution is 6.35. The summed E-state index contributed by atoms with van der Waals surface area (Å²) in [7, 11) is 0. The largest absolute Gasteiger partial charge is 0.311 e. The summed E-state index contributed by atoms with van der Waals surface area (Å²) in [6.45, 7) is 2.52. The summed E-state index contributed by atoms with van der Waals surface area (Å²) in [6.07, 6.45) is 5.21. The molecule has 0 spiro atoms. The zero-order chi connectivity index (χ0) is 15.9. The van der Waals surface area contributed by atoms with Gasteiger partial charge in [-0.2, -0.15) is 5.10 Å². The van der Waals surface area contributed by atoms with E-state index < -0.39 is 0 Å². The Morgan fingerprint density at radius 2 is 1.95 bits per heavy atom. The molecule has 2 aromatic rings. The van der Waals surface area contributed by atoms with Gasteiger partial charge < -0.3 is 5.32 Å². The fourth-order valence-electron chi connectivity index (χ4n) is 2.14. The first-order chi connectivity index (χ1) is 10.6. The third-order valence-electron chi connectivity index (χ3n) is 3.36. The van der Waals surface area contributed by atoms with Gasteiger partial charge in [-0.1, -0.05) is 49.0 Å². The number of hydrogen-bond acceptors (Lipinski definition) is 2. The van der Waals surface area contributed by atoms with Crippen molar-refractivity contribution in [3.63, 3.8) is 0 Å². The lowest BCUT2D eigenvalue weighted by Gasteiger charge is -2.11. The molecular formula is C16H19Cl2N3O. The second-order valence-electron chi connectivity index (χ2n) is 5.08. The molecular weight excluding hydrogens is 321 g/mol. The maximum atomic E-state index is 11.9. The zero-order valence-corrected chi connectivity index (χ0v) is 14.0. The Labute approximate surface area is 140 Å². The number of nitrogens with one attached hydrogen (secondary N) is 1. The number of carbonyl (C=O) groups excluding carboxylic acids is 1. The van der Waals surface area contributed by atoms with Crippen LogP contribution in [0.4, 0.5) is 5.82 Å². The normalized spacial score (nSPS) is 10.7. The number of unbranched alkanes of at least 4 members (excludes halogenated alkanes) is 2. The van der Waals surface area contributed by atoms with Crippen LogP contribution in [0, 0.1) is 0 Å². The molecule has 118 valence electrons. The molecule has 4 nitrogen and oxygen atoms in total. The molecule has 0 unspecified atom stereocenters. The molecule has 0 saturated heterocycles. The SMILES string of the molecule is CCCCCC(=O)Nc1ccnn1Cc1c(Cl)cccc1Cl. The van der Waals surface area contributed by atoms with Gasteiger partial charge in [-0.05, 0) is 18.6 Å². The van der Waals surface area contributed by atoms with Gasteiger partial charge in [0.1, 0.15) is 5.82 Å². The number of amides is 1. The van der Waals surface area contributed by atoms with Crippen LogP contribution >= 0.6 is 23.2 Å². The van der Waals surface area contributed by atoms with Crippen molar-refractivity contribution in [2.45, 2.75) is 39.2 Å². The minimum Gasteiger partial charge on any atom is -0.311 e. The molecule has 0 aliphatic rings. The van der Waals surface area contributed by atoms with Crippen molar-refractivity contribution in [2.24, 2.45) is 0 Å². The van der Waals surface area contributed by atoms with Gasteiger partial charge in [-0.25, -0.2) is 4.68 Å². The minimum absolute atomic E-state index is 0.000422. The molecule has 1 aromatic carbocycles. The fraction of sp³-hybridized carbons (Fsp3) is 0.375. The molecule has 1 aromatic heterocycles. The summed E-state index contributed by atoms with van der Waals surface area (Å²) in [6, 6.07) is 7.14. The number of nitrogens with zero attached hydrogens (tertiary/aromatic N) is 2. The molecule has 1 N–H and O–H groups in total. The van der Waals surface area contributed by atoms with E-state index in [-0.39, 0.29) is 5.91 Å². The van der Waals surface area contributed by atoms with E-state index in [1.165, 1.54) is 0 Å². The highest BCUT2D eigenvalue weighted by atomic mass is 35.5.